The highest BCUT2D eigenvalue weighted by Gasteiger charge is 2.28. The van der Waals surface area contributed by atoms with Crippen molar-refractivity contribution < 1.29 is 9.59 Å². The number of piperidine rings is 1. The normalized spacial score (nSPS) is 20.2. The van der Waals surface area contributed by atoms with Gasteiger partial charge in [-0.15, -0.1) is 5.10 Å². The summed E-state index contributed by atoms with van der Waals surface area (Å²) in [4.78, 5) is 27.0. The molecule has 1 saturated heterocycles. The van der Waals surface area contributed by atoms with E-state index in [2.05, 4.69) is 31.3 Å². The molecule has 3 rings (SSSR count). The van der Waals surface area contributed by atoms with E-state index in [9.17, 15) is 9.59 Å². The minimum atomic E-state index is -0.296. The molecular formula is C11H9BrN4O2. The topological polar surface area (TPSA) is 76.4 Å². The van der Waals surface area contributed by atoms with Gasteiger partial charge in [-0.25, -0.2) is 9.50 Å². The van der Waals surface area contributed by atoms with E-state index in [-0.39, 0.29) is 17.7 Å². The second kappa shape index (κ2) is 4.16. The number of nitrogens with one attached hydrogen (secondary N) is 1. The van der Waals surface area contributed by atoms with Gasteiger partial charge in [0.25, 0.3) is 0 Å². The van der Waals surface area contributed by atoms with E-state index in [1.54, 1.807) is 16.8 Å². The Labute approximate surface area is 111 Å². The summed E-state index contributed by atoms with van der Waals surface area (Å²) in [5, 5.41) is 6.48. The first kappa shape index (κ1) is 11.3. The number of imide groups is 1. The van der Waals surface area contributed by atoms with E-state index in [1.165, 1.54) is 0 Å². The van der Waals surface area contributed by atoms with Crippen molar-refractivity contribution in [1.29, 1.82) is 0 Å². The molecule has 2 aromatic heterocycles. The van der Waals surface area contributed by atoms with Crippen LogP contribution < -0.4 is 5.32 Å². The number of aromatic nitrogens is 3. The van der Waals surface area contributed by atoms with Gasteiger partial charge in [-0.1, -0.05) is 6.07 Å². The van der Waals surface area contributed by atoms with Crippen molar-refractivity contribution >= 4 is 33.4 Å². The molecule has 1 unspecified atom stereocenters. The minimum Gasteiger partial charge on any atom is -0.296 e. The fourth-order valence-electron chi connectivity index (χ4n) is 2.09. The molecule has 1 aliphatic rings. The maximum Gasteiger partial charge on any atom is 0.234 e. The van der Waals surface area contributed by atoms with E-state index in [0.29, 0.717) is 23.2 Å². The fourth-order valence-corrected chi connectivity index (χ4v) is 2.44. The Morgan fingerprint density at radius 2 is 2.22 bits per heavy atom. The lowest BCUT2D eigenvalue weighted by Gasteiger charge is -2.20. The van der Waals surface area contributed by atoms with E-state index < -0.39 is 0 Å². The van der Waals surface area contributed by atoms with Gasteiger partial charge < -0.3 is 0 Å². The minimum absolute atomic E-state index is 0.208. The molecule has 0 saturated carbocycles. The quantitative estimate of drug-likeness (QED) is 0.798. The largest absolute Gasteiger partial charge is 0.296 e. The summed E-state index contributed by atoms with van der Waals surface area (Å²) >= 11 is 3.20. The molecule has 0 bridgehead atoms. The zero-order chi connectivity index (χ0) is 12.7. The van der Waals surface area contributed by atoms with Gasteiger partial charge in [0.2, 0.25) is 16.5 Å². The second-order valence-corrected chi connectivity index (χ2v) is 4.86. The summed E-state index contributed by atoms with van der Waals surface area (Å²) in [5.74, 6) is -0.749. The maximum absolute atomic E-state index is 11.8. The van der Waals surface area contributed by atoms with Crippen LogP contribution in [0.4, 0.5) is 0 Å². The Hall–Kier alpha value is -1.76. The van der Waals surface area contributed by atoms with Crippen LogP contribution in [0, 0.1) is 0 Å². The first-order chi connectivity index (χ1) is 8.63. The number of carbonyl (C=O) groups excluding carboxylic acids is 2. The SMILES string of the molecule is O=C1CCC(c2ccc3nc(Br)nn3c2)C(=O)N1. The van der Waals surface area contributed by atoms with Gasteiger partial charge in [0.15, 0.2) is 5.65 Å². The maximum atomic E-state index is 11.8. The zero-order valence-corrected chi connectivity index (χ0v) is 10.8. The molecule has 2 aromatic rings. The molecule has 0 aromatic carbocycles. The molecule has 6 nitrogen and oxygen atoms in total. The average Bonchev–Trinajstić information content (AvgIpc) is 2.68. The highest BCUT2D eigenvalue weighted by Crippen LogP contribution is 2.24. The Kier molecular flexibility index (Phi) is 2.62. The molecule has 92 valence electrons. The van der Waals surface area contributed by atoms with Gasteiger partial charge in [0, 0.05) is 12.6 Å². The van der Waals surface area contributed by atoms with Crippen LogP contribution >= 0.6 is 15.9 Å². The van der Waals surface area contributed by atoms with Crippen molar-refractivity contribution in [2.24, 2.45) is 0 Å². The smallest absolute Gasteiger partial charge is 0.234 e. The van der Waals surface area contributed by atoms with Gasteiger partial charge in [-0.2, -0.15) is 0 Å². The van der Waals surface area contributed by atoms with Crippen LogP contribution in [0.25, 0.3) is 5.65 Å². The lowest BCUT2D eigenvalue weighted by atomic mass is 9.92. The zero-order valence-electron chi connectivity index (χ0n) is 9.26. The number of hydrogen-bond donors (Lipinski definition) is 1. The molecule has 1 atom stereocenters. The van der Waals surface area contributed by atoms with E-state index in [4.69, 9.17) is 0 Å². The average molecular weight is 309 g/mol. The van der Waals surface area contributed by atoms with Crippen molar-refractivity contribution in [3.8, 4) is 0 Å². The van der Waals surface area contributed by atoms with Crippen LogP contribution in [0.2, 0.25) is 0 Å². The first-order valence-electron chi connectivity index (χ1n) is 5.49. The third-order valence-electron chi connectivity index (χ3n) is 2.97. The predicted octanol–water partition coefficient (Wildman–Crippen LogP) is 1.01. The van der Waals surface area contributed by atoms with Crippen LogP contribution in [0.5, 0.6) is 0 Å². The second-order valence-electron chi connectivity index (χ2n) is 4.15. The molecule has 18 heavy (non-hydrogen) atoms. The summed E-state index contributed by atoms with van der Waals surface area (Å²) < 4.78 is 2.12. The third-order valence-corrected chi connectivity index (χ3v) is 3.31. The van der Waals surface area contributed by atoms with E-state index in [1.807, 2.05) is 6.07 Å². The van der Waals surface area contributed by atoms with Crippen LogP contribution in [0.3, 0.4) is 0 Å². The van der Waals surface area contributed by atoms with Crippen molar-refractivity contribution in [3.05, 3.63) is 28.6 Å². The lowest BCUT2D eigenvalue weighted by Crippen LogP contribution is -2.39. The molecule has 3 heterocycles. The number of nitrogens with zero attached hydrogens (tertiary/aromatic N) is 3. The molecule has 0 aliphatic carbocycles. The standard InChI is InChI=1S/C11H9BrN4O2/c12-11-13-8-3-1-6(5-16(8)15-11)7-2-4-9(17)14-10(7)18/h1,3,5,7H,2,4H2,(H,14,17,18). The van der Waals surface area contributed by atoms with Crippen LogP contribution in [-0.2, 0) is 9.59 Å². The number of amides is 2. The highest BCUT2D eigenvalue weighted by atomic mass is 79.9. The predicted molar refractivity (Wildman–Crippen MR) is 65.8 cm³/mol. The molecule has 1 aliphatic heterocycles. The van der Waals surface area contributed by atoms with Gasteiger partial charge in [-0.05, 0) is 34.0 Å². The number of fused-ring (bicyclic) bond motifs is 1. The van der Waals surface area contributed by atoms with Crippen molar-refractivity contribution in [3.63, 3.8) is 0 Å². The van der Waals surface area contributed by atoms with Crippen molar-refractivity contribution in [2.75, 3.05) is 0 Å². The summed E-state index contributed by atoms with van der Waals surface area (Å²) in [6, 6.07) is 3.65. The summed E-state index contributed by atoms with van der Waals surface area (Å²) in [6.45, 7) is 0. The molecule has 2 amide bonds. The number of hydrogen-bond acceptors (Lipinski definition) is 4. The van der Waals surface area contributed by atoms with Crippen LogP contribution in [0.15, 0.2) is 23.1 Å². The molecular weight excluding hydrogens is 300 g/mol. The molecule has 1 fully saturated rings. The van der Waals surface area contributed by atoms with Gasteiger partial charge in [-0.3, -0.25) is 14.9 Å². The first-order valence-corrected chi connectivity index (χ1v) is 6.28. The molecule has 7 heteroatoms. The Balaban J connectivity index is 1.98. The number of carbonyl (C=O) groups is 2. The highest BCUT2D eigenvalue weighted by molar-refractivity contribution is 9.10. The third kappa shape index (κ3) is 1.90. The Morgan fingerprint density at radius 1 is 1.39 bits per heavy atom. The Morgan fingerprint density at radius 3 is 3.00 bits per heavy atom. The summed E-state index contributed by atoms with van der Waals surface area (Å²) in [7, 11) is 0. The van der Waals surface area contributed by atoms with E-state index >= 15 is 0 Å². The molecule has 1 N–H and O–H groups in total. The summed E-state index contributed by atoms with van der Waals surface area (Å²) in [5.41, 5.74) is 1.54. The Bertz CT molecular complexity index is 652. The van der Waals surface area contributed by atoms with Gasteiger partial charge >= 0.3 is 0 Å². The number of rotatable bonds is 1. The molecule has 0 spiro atoms. The van der Waals surface area contributed by atoms with Gasteiger partial charge in [0.05, 0.1) is 5.92 Å². The summed E-state index contributed by atoms with van der Waals surface area (Å²) in [6.07, 6.45) is 2.68. The number of pyridine rings is 1. The van der Waals surface area contributed by atoms with Crippen LogP contribution in [-0.4, -0.2) is 26.4 Å². The fraction of sp³-hybridized carbons (Fsp3) is 0.273. The van der Waals surface area contributed by atoms with Crippen molar-refractivity contribution in [2.45, 2.75) is 18.8 Å². The molecule has 0 radical (unpaired) electrons. The van der Waals surface area contributed by atoms with Crippen molar-refractivity contribution in [1.82, 2.24) is 19.9 Å². The monoisotopic (exact) mass is 308 g/mol. The van der Waals surface area contributed by atoms with Crippen LogP contribution in [0.1, 0.15) is 24.3 Å². The number of halogens is 1. The van der Waals surface area contributed by atoms with Gasteiger partial charge in [0.1, 0.15) is 0 Å². The lowest BCUT2D eigenvalue weighted by molar-refractivity contribution is -0.134. The van der Waals surface area contributed by atoms with E-state index in [0.717, 1.165) is 5.56 Å².